The smallest absolute Gasteiger partial charge is 0.410 e. The van der Waals surface area contributed by atoms with Crippen molar-refractivity contribution in [2.24, 2.45) is 5.92 Å². The van der Waals surface area contributed by atoms with Crippen LogP contribution in [-0.2, 0) is 4.74 Å². The van der Waals surface area contributed by atoms with E-state index >= 15 is 0 Å². The van der Waals surface area contributed by atoms with Crippen LogP contribution in [0.15, 0.2) is 0 Å². The second-order valence-electron chi connectivity index (χ2n) is 7.15. The topological polar surface area (TPSA) is 41.6 Å². The molecule has 1 unspecified atom stereocenters. The number of amides is 1. The van der Waals surface area contributed by atoms with Gasteiger partial charge >= 0.3 is 6.09 Å². The summed E-state index contributed by atoms with van der Waals surface area (Å²) in [4.78, 5) is 14.0. The van der Waals surface area contributed by atoms with Crippen molar-refractivity contribution in [1.82, 2.24) is 10.2 Å². The van der Waals surface area contributed by atoms with Crippen LogP contribution in [0.2, 0.25) is 0 Å². The summed E-state index contributed by atoms with van der Waals surface area (Å²) in [5, 5.41) is 3.59. The third-order valence-corrected chi connectivity index (χ3v) is 4.02. The van der Waals surface area contributed by atoms with Gasteiger partial charge in [0.15, 0.2) is 0 Å². The molecule has 1 saturated heterocycles. The van der Waals surface area contributed by atoms with Gasteiger partial charge in [0.1, 0.15) is 5.60 Å². The number of carbonyl (C=O) groups excluding carboxylic acids is 1. The summed E-state index contributed by atoms with van der Waals surface area (Å²) in [7, 11) is 0. The third-order valence-electron chi connectivity index (χ3n) is 4.02. The fraction of sp³-hybridized carbons (Fsp3) is 0.933. The lowest BCUT2D eigenvalue weighted by Crippen LogP contribution is -2.48. The predicted molar refractivity (Wildman–Crippen MR) is 76.2 cm³/mol. The molecule has 1 saturated carbocycles. The van der Waals surface area contributed by atoms with E-state index in [2.05, 4.69) is 12.2 Å². The molecule has 4 nitrogen and oxygen atoms in total. The Balaban J connectivity index is 1.78. The van der Waals surface area contributed by atoms with Crippen LogP contribution in [0.3, 0.4) is 0 Å². The highest BCUT2D eigenvalue weighted by Crippen LogP contribution is 2.27. The van der Waals surface area contributed by atoms with E-state index in [0.717, 1.165) is 31.8 Å². The number of ether oxygens (including phenoxy) is 1. The molecular formula is C15H28N2O2. The fourth-order valence-corrected chi connectivity index (χ4v) is 2.98. The van der Waals surface area contributed by atoms with E-state index in [4.69, 9.17) is 4.74 Å². The van der Waals surface area contributed by atoms with Crippen LogP contribution in [-0.4, -0.2) is 41.8 Å². The van der Waals surface area contributed by atoms with Gasteiger partial charge in [-0.2, -0.15) is 0 Å². The molecule has 1 N–H and O–H groups in total. The highest BCUT2D eigenvalue weighted by atomic mass is 16.6. The maximum Gasteiger partial charge on any atom is 0.410 e. The lowest BCUT2D eigenvalue weighted by molar-refractivity contribution is 0.0221. The minimum absolute atomic E-state index is 0.154. The number of rotatable bonds is 3. The third kappa shape index (κ3) is 4.10. The van der Waals surface area contributed by atoms with Crippen LogP contribution in [0.4, 0.5) is 4.79 Å². The molecule has 1 aliphatic carbocycles. The molecule has 0 radical (unpaired) electrons. The molecule has 4 heteroatoms. The number of hydrogen-bond acceptors (Lipinski definition) is 3. The second kappa shape index (κ2) is 5.70. The van der Waals surface area contributed by atoms with Crippen molar-refractivity contribution in [1.29, 1.82) is 0 Å². The van der Waals surface area contributed by atoms with Gasteiger partial charge in [-0.15, -0.1) is 0 Å². The molecular weight excluding hydrogens is 240 g/mol. The first-order valence-corrected chi connectivity index (χ1v) is 7.58. The molecule has 1 atom stereocenters. The highest BCUT2D eigenvalue weighted by Gasteiger charge is 2.33. The molecule has 0 aromatic heterocycles. The minimum atomic E-state index is -0.402. The zero-order valence-electron chi connectivity index (χ0n) is 12.7. The van der Waals surface area contributed by atoms with Crippen molar-refractivity contribution in [2.75, 3.05) is 13.1 Å². The molecule has 2 rings (SSSR count). The Morgan fingerprint density at radius 3 is 2.63 bits per heavy atom. The average molecular weight is 268 g/mol. The van der Waals surface area contributed by atoms with Crippen LogP contribution >= 0.6 is 0 Å². The molecule has 19 heavy (non-hydrogen) atoms. The Kier molecular flexibility index (Phi) is 4.39. The normalized spacial score (nSPS) is 31.2. The SMILES string of the molecule is CC1CC(NCC2CCCN2C(=O)OC(C)(C)C)C1. The molecule has 0 aromatic rings. The minimum Gasteiger partial charge on any atom is -0.444 e. The highest BCUT2D eigenvalue weighted by molar-refractivity contribution is 5.69. The van der Waals surface area contributed by atoms with E-state index in [1.807, 2.05) is 25.7 Å². The van der Waals surface area contributed by atoms with E-state index in [1.54, 1.807) is 0 Å². The number of hydrogen-bond donors (Lipinski definition) is 1. The maximum atomic E-state index is 12.1. The molecule has 1 heterocycles. The molecule has 110 valence electrons. The largest absolute Gasteiger partial charge is 0.444 e. The van der Waals surface area contributed by atoms with Crippen molar-refractivity contribution in [2.45, 2.75) is 71.1 Å². The van der Waals surface area contributed by atoms with Gasteiger partial charge in [0.05, 0.1) is 0 Å². The van der Waals surface area contributed by atoms with Gasteiger partial charge in [-0.05, 0) is 52.4 Å². The van der Waals surface area contributed by atoms with E-state index in [0.29, 0.717) is 12.1 Å². The van der Waals surface area contributed by atoms with Crippen molar-refractivity contribution in [3.05, 3.63) is 0 Å². The molecule has 2 fully saturated rings. The quantitative estimate of drug-likeness (QED) is 0.855. The van der Waals surface area contributed by atoms with E-state index < -0.39 is 5.60 Å². The first-order chi connectivity index (χ1) is 8.85. The average Bonchev–Trinajstić information content (AvgIpc) is 2.68. The summed E-state index contributed by atoms with van der Waals surface area (Å²) in [5.74, 6) is 0.864. The lowest BCUT2D eigenvalue weighted by atomic mass is 9.82. The standard InChI is InChI=1S/C15H28N2O2/c1-11-8-12(9-11)16-10-13-6-5-7-17(13)14(18)19-15(2,3)4/h11-13,16H,5-10H2,1-4H3. The van der Waals surface area contributed by atoms with Crippen molar-refractivity contribution in [3.8, 4) is 0 Å². The Morgan fingerprint density at radius 1 is 1.37 bits per heavy atom. The number of nitrogens with zero attached hydrogens (tertiary/aromatic N) is 1. The van der Waals surface area contributed by atoms with Crippen LogP contribution in [0.5, 0.6) is 0 Å². The lowest BCUT2D eigenvalue weighted by Gasteiger charge is -2.35. The maximum absolute atomic E-state index is 12.1. The van der Waals surface area contributed by atoms with Gasteiger partial charge in [-0.3, -0.25) is 0 Å². The number of likely N-dealkylation sites (tertiary alicyclic amines) is 1. The van der Waals surface area contributed by atoms with Crippen molar-refractivity contribution in [3.63, 3.8) is 0 Å². The van der Waals surface area contributed by atoms with E-state index in [9.17, 15) is 4.79 Å². The van der Waals surface area contributed by atoms with Crippen LogP contribution < -0.4 is 5.32 Å². The molecule has 1 amide bonds. The summed E-state index contributed by atoms with van der Waals surface area (Å²) < 4.78 is 5.48. The van der Waals surface area contributed by atoms with Gasteiger partial charge < -0.3 is 15.0 Å². The van der Waals surface area contributed by atoms with Crippen LogP contribution in [0.1, 0.15) is 53.4 Å². The van der Waals surface area contributed by atoms with Crippen LogP contribution in [0.25, 0.3) is 0 Å². The van der Waals surface area contributed by atoms with Gasteiger partial charge in [-0.1, -0.05) is 6.92 Å². The van der Waals surface area contributed by atoms with Crippen molar-refractivity contribution >= 4 is 6.09 Å². The first-order valence-electron chi connectivity index (χ1n) is 7.58. The fourth-order valence-electron chi connectivity index (χ4n) is 2.98. The summed E-state index contributed by atoms with van der Waals surface area (Å²) in [6.45, 7) is 9.80. The molecule has 0 aromatic carbocycles. The van der Waals surface area contributed by atoms with Gasteiger partial charge in [-0.25, -0.2) is 4.79 Å². The van der Waals surface area contributed by atoms with Gasteiger partial charge in [0.25, 0.3) is 0 Å². The number of nitrogens with one attached hydrogen (secondary N) is 1. The molecule has 0 spiro atoms. The second-order valence-corrected chi connectivity index (χ2v) is 7.15. The summed E-state index contributed by atoms with van der Waals surface area (Å²) in [6, 6.07) is 0.974. The predicted octanol–water partition coefficient (Wildman–Crippen LogP) is 2.77. The zero-order valence-corrected chi connectivity index (χ0v) is 12.7. The van der Waals surface area contributed by atoms with E-state index in [1.165, 1.54) is 12.8 Å². The van der Waals surface area contributed by atoms with E-state index in [-0.39, 0.29) is 6.09 Å². The number of carbonyl (C=O) groups is 1. The first kappa shape index (κ1) is 14.6. The van der Waals surface area contributed by atoms with Crippen molar-refractivity contribution < 1.29 is 9.53 Å². The van der Waals surface area contributed by atoms with Crippen LogP contribution in [0, 0.1) is 5.92 Å². The Hall–Kier alpha value is -0.770. The Labute approximate surface area is 116 Å². The summed E-state index contributed by atoms with van der Waals surface area (Å²) in [6.07, 6.45) is 4.58. The summed E-state index contributed by atoms with van der Waals surface area (Å²) >= 11 is 0. The van der Waals surface area contributed by atoms with Gasteiger partial charge in [0, 0.05) is 25.2 Å². The Bertz CT molecular complexity index is 319. The molecule has 0 bridgehead atoms. The molecule has 1 aliphatic heterocycles. The van der Waals surface area contributed by atoms with Gasteiger partial charge in [0.2, 0.25) is 0 Å². The summed E-state index contributed by atoms with van der Waals surface area (Å²) in [5.41, 5.74) is -0.402. The monoisotopic (exact) mass is 268 g/mol. The molecule has 2 aliphatic rings. The Morgan fingerprint density at radius 2 is 2.05 bits per heavy atom. The zero-order chi connectivity index (χ0) is 14.0.